The van der Waals surface area contributed by atoms with E-state index in [0.29, 0.717) is 18.1 Å². The van der Waals surface area contributed by atoms with Crippen LogP contribution in [0.3, 0.4) is 0 Å². The molecule has 2 aromatic heterocycles. The van der Waals surface area contributed by atoms with Gasteiger partial charge in [-0.15, -0.1) is 0 Å². The van der Waals surface area contributed by atoms with Gasteiger partial charge >= 0.3 is 5.97 Å². The second-order valence-electron chi connectivity index (χ2n) is 6.97. The first-order chi connectivity index (χ1) is 13.2. The van der Waals surface area contributed by atoms with Crippen LogP contribution in [0.25, 0.3) is 10.9 Å². The average Bonchev–Trinajstić information content (AvgIpc) is 3.14. The Balaban J connectivity index is 1.66. The third-order valence-electron chi connectivity index (χ3n) is 5.25. The van der Waals surface area contributed by atoms with E-state index in [9.17, 15) is 4.79 Å². The van der Waals surface area contributed by atoms with Crippen molar-refractivity contribution in [3.63, 3.8) is 0 Å². The summed E-state index contributed by atoms with van der Waals surface area (Å²) in [5.74, 6) is 0.203. The van der Waals surface area contributed by atoms with Gasteiger partial charge in [-0.25, -0.2) is 4.79 Å². The number of aryl methyl sites for hydroxylation is 1. The number of hydrogen-bond acceptors (Lipinski definition) is 5. The highest BCUT2D eigenvalue weighted by atomic mass is 16.5. The highest BCUT2D eigenvalue weighted by molar-refractivity contribution is 6.05. The Labute approximate surface area is 158 Å². The van der Waals surface area contributed by atoms with E-state index in [1.807, 2.05) is 49.1 Å². The topological polar surface area (TPSA) is 60.2 Å². The maximum absolute atomic E-state index is 12.5. The summed E-state index contributed by atoms with van der Waals surface area (Å²) in [5.41, 5.74) is 3.69. The molecule has 27 heavy (non-hydrogen) atoms. The van der Waals surface area contributed by atoms with Crippen LogP contribution in [0.2, 0.25) is 0 Å². The minimum atomic E-state index is -0.305. The number of benzene rings is 1. The third-order valence-corrected chi connectivity index (χ3v) is 5.25. The number of nitrogens with zero attached hydrogens (tertiary/aromatic N) is 4. The molecule has 3 heterocycles. The fourth-order valence-corrected chi connectivity index (χ4v) is 3.91. The van der Waals surface area contributed by atoms with Crippen molar-refractivity contribution in [2.75, 3.05) is 24.6 Å². The molecular weight excluding hydrogens is 340 g/mol. The summed E-state index contributed by atoms with van der Waals surface area (Å²) in [6.07, 6.45) is 7.79. The Morgan fingerprint density at radius 2 is 2.00 bits per heavy atom. The van der Waals surface area contributed by atoms with E-state index in [0.717, 1.165) is 42.5 Å². The normalized spacial score (nSPS) is 15.3. The maximum atomic E-state index is 12.5. The second kappa shape index (κ2) is 7.39. The number of carbonyl (C=O) groups is 1. The SMILES string of the molecule is CCOC(=O)c1cnc2ccccc2c1N1CCC(c2cnn(C)c2)CC1. The Kier molecular flexibility index (Phi) is 4.79. The summed E-state index contributed by atoms with van der Waals surface area (Å²) in [6.45, 7) is 3.96. The quantitative estimate of drug-likeness (QED) is 0.663. The molecule has 0 unspecified atom stereocenters. The molecule has 1 aliphatic rings. The van der Waals surface area contributed by atoms with Crippen molar-refractivity contribution in [1.29, 1.82) is 0 Å². The van der Waals surface area contributed by atoms with Crippen LogP contribution in [0.1, 0.15) is 41.6 Å². The van der Waals surface area contributed by atoms with E-state index in [1.54, 1.807) is 6.20 Å². The van der Waals surface area contributed by atoms with Gasteiger partial charge in [-0.1, -0.05) is 18.2 Å². The van der Waals surface area contributed by atoms with Crippen molar-refractivity contribution in [1.82, 2.24) is 14.8 Å². The number of rotatable bonds is 4. The Hall–Kier alpha value is -2.89. The van der Waals surface area contributed by atoms with Crippen LogP contribution < -0.4 is 4.90 Å². The molecule has 0 amide bonds. The van der Waals surface area contributed by atoms with Crippen molar-refractivity contribution >= 4 is 22.6 Å². The monoisotopic (exact) mass is 364 g/mol. The molecule has 4 rings (SSSR count). The average molecular weight is 364 g/mol. The summed E-state index contributed by atoms with van der Waals surface area (Å²) in [5, 5.41) is 5.30. The lowest BCUT2D eigenvalue weighted by molar-refractivity contribution is 0.0526. The predicted molar refractivity (Wildman–Crippen MR) is 105 cm³/mol. The molecular formula is C21H24N4O2. The van der Waals surface area contributed by atoms with Crippen molar-refractivity contribution in [3.8, 4) is 0 Å². The van der Waals surface area contributed by atoms with Gasteiger partial charge in [0.25, 0.3) is 0 Å². The Bertz CT molecular complexity index is 958. The fourth-order valence-electron chi connectivity index (χ4n) is 3.91. The van der Waals surface area contributed by atoms with E-state index in [1.165, 1.54) is 5.56 Å². The number of aromatic nitrogens is 3. The van der Waals surface area contributed by atoms with Gasteiger partial charge in [0.2, 0.25) is 0 Å². The van der Waals surface area contributed by atoms with Gasteiger partial charge < -0.3 is 9.64 Å². The van der Waals surface area contributed by atoms with Gasteiger partial charge in [-0.2, -0.15) is 5.10 Å². The summed E-state index contributed by atoms with van der Waals surface area (Å²) >= 11 is 0. The van der Waals surface area contributed by atoms with Crippen LogP contribution in [0.15, 0.2) is 42.9 Å². The number of hydrogen-bond donors (Lipinski definition) is 0. The molecule has 140 valence electrons. The fraction of sp³-hybridized carbons (Fsp3) is 0.381. The number of ether oxygens (including phenoxy) is 1. The van der Waals surface area contributed by atoms with Gasteiger partial charge in [-0.3, -0.25) is 9.67 Å². The number of fused-ring (bicyclic) bond motifs is 1. The number of esters is 1. The zero-order valence-corrected chi connectivity index (χ0v) is 15.8. The molecule has 0 bridgehead atoms. The van der Waals surface area contributed by atoms with E-state index in [-0.39, 0.29) is 5.97 Å². The van der Waals surface area contributed by atoms with Crippen LogP contribution in [-0.4, -0.2) is 40.4 Å². The number of pyridine rings is 1. The lowest BCUT2D eigenvalue weighted by Crippen LogP contribution is -2.34. The van der Waals surface area contributed by atoms with E-state index in [4.69, 9.17) is 4.74 Å². The molecule has 0 saturated carbocycles. The second-order valence-corrected chi connectivity index (χ2v) is 6.97. The zero-order chi connectivity index (χ0) is 18.8. The lowest BCUT2D eigenvalue weighted by Gasteiger charge is -2.34. The van der Waals surface area contributed by atoms with Crippen LogP contribution in [0, 0.1) is 0 Å². The molecule has 0 radical (unpaired) electrons. The molecule has 0 atom stereocenters. The van der Waals surface area contributed by atoms with Crippen molar-refractivity contribution in [2.45, 2.75) is 25.7 Å². The first-order valence-electron chi connectivity index (χ1n) is 9.45. The number of para-hydroxylation sites is 1. The van der Waals surface area contributed by atoms with Crippen molar-refractivity contribution in [2.24, 2.45) is 7.05 Å². The minimum absolute atomic E-state index is 0.305. The van der Waals surface area contributed by atoms with Crippen molar-refractivity contribution in [3.05, 3.63) is 54.0 Å². The van der Waals surface area contributed by atoms with E-state index < -0.39 is 0 Å². The van der Waals surface area contributed by atoms with Gasteiger partial charge in [0.15, 0.2) is 0 Å². The van der Waals surface area contributed by atoms with Gasteiger partial charge in [0, 0.05) is 37.9 Å². The molecule has 3 aromatic rings. The molecule has 0 aliphatic carbocycles. The molecule has 1 aliphatic heterocycles. The van der Waals surface area contributed by atoms with Crippen LogP contribution in [0.4, 0.5) is 5.69 Å². The molecule has 0 N–H and O–H groups in total. The number of carbonyl (C=O) groups excluding carboxylic acids is 1. The van der Waals surface area contributed by atoms with E-state index >= 15 is 0 Å². The Morgan fingerprint density at radius 3 is 2.70 bits per heavy atom. The minimum Gasteiger partial charge on any atom is -0.462 e. The molecule has 6 heteroatoms. The van der Waals surface area contributed by atoms with Crippen molar-refractivity contribution < 1.29 is 9.53 Å². The van der Waals surface area contributed by atoms with Crippen LogP contribution >= 0.6 is 0 Å². The molecule has 0 spiro atoms. The summed E-state index contributed by atoms with van der Waals surface area (Å²) in [4.78, 5) is 19.3. The maximum Gasteiger partial charge on any atom is 0.341 e. The molecule has 1 fully saturated rings. The summed E-state index contributed by atoms with van der Waals surface area (Å²) in [6, 6.07) is 7.98. The number of piperidine rings is 1. The predicted octanol–water partition coefficient (Wildman–Crippen LogP) is 3.53. The first-order valence-corrected chi connectivity index (χ1v) is 9.45. The Morgan fingerprint density at radius 1 is 1.22 bits per heavy atom. The zero-order valence-electron chi connectivity index (χ0n) is 15.8. The van der Waals surface area contributed by atoms with E-state index in [2.05, 4.69) is 21.2 Å². The van der Waals surface area contributed by atoms with Crippen LogP contribution in [-0.2, 0) is 11.8 Å². The highest BCUT2D eigenvalue weighted by Gasteiger charge is 2.26. The van der Waals surface area contributed by atoms with Gasteiger partial charge in [0.1, 0.15) is 5.56 Å². The third kappa shape index (κ3) is 3.39. The van der Waals surface area contributed by atoms with Gasteiger partial charge in [0.05, 0.1) is 24.0 Å². The largest absolute Gasteiger partial charge is 0.462 e. The molecule has 1 saturated heterocycles. The summed E-state index contributed by atoms with van der Waals surface area (Å²) < 4.78 is 7.14. The standard InChI is InChI=1S/C21H24N4O2/c1-3-27-21(26)18-13-22-19-7-5-4-6-17(19)20(18)25-10-8-15(9-11-25)16-12-23-24(2)14-16/h4-7,12-15H,3,8-11H2,1-2H3. The molecule has 6 nitrogen and oxygen atoms in total. The highest BCUT2D eigenvalue weighted by Crippen LogP contribution is 2.35. The smallest absolute Gasteiger partial charge is 0.341 e. The molecule has 1 aromatic carbocycles. The van der Waals surface area contributed by atoms with Crippen LogP contribution in [0.5, 0.6) is 0 Å². The first kappa shape index (κ1) is 17.5. The lowest BCUT2D eigenvalue weighted by atomic mass is 9.91. The summed E-state index contributed by atoms with van der Waals surface area (Å²) in [7, 11) is 1.95. The van der Waals surface area contributed by atoms with Gasteiger partial charge in [-0.05, 0) is 37.3 Å². The number of anilines is 1.